The van der Waals surface area contributed by atoms with Crippen LogP contribution in [0.3, 0.4) is 0 Å². The van der Waals surface area contributed by atoms with Gasteiger partial charge in [-0.25, -0.2) is 14.3 Å². The minimum absolute atomic E-state index is 0.0343. The summed E-state index contributed by atoms with van der Waals surface area (Å²) in [5, 5.41) is 4.64. The van der Waals surface area contributed by atoms with Gasteiger partial charge in [-0.1, -0.05) is 42.5 Å². The van der Waals surface area contributed by atoms with Crippen LogP contribution in [0.4, 0.5) is 0 Å². The van der Waals surface area contributed by atoms with Crippen molar-refractivity contribution in [3.63, 3.8) is 0 Å². The molecule has 0 radical (unpaired) electrons. The van der Waals surface area contributed by atoms with Crippen LogP contribution < -0.4 is 0 Å². The summed E-state index contributed by atoms with van der Waals surface area (Å²) >= 11 is 0. The Morgan fingerprint density at radius 3 is 2.12 bits per heavy atom. The molecule has 3 aromatic rings. The molecule has 4 rings (SSSR count). The zero-order valence-electron chi connectivity index (χ0n) is 19.2. The molecule has 1 aromatic heterocycles. The number of hydrogen-bond acceptors (Lipinski definition) is 7. The van der Waals surface area contributed by atoms with Crippen molar-refractivity contribution in [2.24, 2.45) is 0 Å². The largest absolute Gasteiger partial charge is 0.465 e. The standard InChI is InChI=1S/C25H28N4O4/c1-27-13-15-28(16-14-27)17-18-9-11-19(12-10-18)22-21(24(30)32-2)23(25(31)33-3)29(26-22)20-7-5-4-6-8-20/h4-12H,13-17H2,1-3H3. The second-order valence-corrected chi connectivity index (χ2v) is 8.08. The number of esters is 2. The number of para-hydroxylation sites is 1. The van der Waals surface area contributed by atoms with Gasteiger partial charge in [0.25, 0.3) is 0 Å². The highest BCUT2D eigenvalue weighted by Gasteiger charge is 2.31. The van der Waals surface area contributed by atoms with Crippen molar-refractivity contribution < 1.29 is 19.1 Å². The van der Waals surface area contributed by atoms with Crippen LogP contribution in [0.1, 0.15) is 26.4 Å². The van der Waals surface area contributed by atoms with Crippen molar-refractivity contribution in [1.29, 1.82) is 0 Å². The van der Waals surface area contributed by atoms with Gasteiger partial charge in [-0.2, -0.15) is 5.10 Å². The molecular weight excluding hydrogens is 420 g/mol. The second kappa shape index (κ2) is 9.97. The molecule has 0 amide bonds. The van der Waals surface area contributed by atoms with Crippen LogP contribution in [0.25, 0.3) is 16.9 Å². The Morgan fingerprint density at radius 2 is 1.52 bits per heavy atom. The van der Waals surface area contributed by atoms with E-state index in [0.29, 0.717) is 11.4 Å². The molecule has 8 heteroatoms. The zero-order valence-corrected chi connectivity index (χ0v) is 19.2. The number of rotatable bonds is 6. The molecule has 0 N–H and O–H groups in total. The number of nitrogens with zero attached hydrogens (tertiary/aromatic N) is 4. The van der Waals surface area contributed by atoms with Gasteiger partial charge >= 0.3 is 11.9 Å². The first-order chi connectivity index (χ1) is 16.0. The van der Waals surface area contributed by atoms with E-state index in [1.165, 1.54) is 24.5 Å². The van der Waals surface area contributed by atoms with Crippen LogP contribution >= 0.6 is 0 Å². The summed E-state index contributed by atoms with van der Waals surface area (Å²) in [6.07, 6.45) is 0. The van der Waals surface area contributed by atoms with Crippen LogP contribution in [0.5, 0.6) is 0 Å². The predicted molar refractivity (Wildman–Crippen MR) is 124 cm³/mol. The van der Waals surface area contributed by atoms with Gasteiger partial charge in [-0.05, 0) is 24.7 Å². The third-order valence-corrected chi connectivity index (χ3v) is 5.88. The summed E-state index contributed by atoms with van der Waals surface area (Å²) in [7, 11) is 4.70. The maximum Gasteiger partial charge on any atom is 0.357 e. The van der Waals surface area contributed by atoms with E-state index < -0.39 is 11.9 Å². The third-order valence-electron chi connectivity index (χ3n) is 5.88. The van der Waals surface area contributed by atoms with E-state index in [-0.39, 0.29) is 11.3 Å². The molecule has 2 aromatic carbocycles. The van der Waals surface area contributed by atoms with Gasteiger partial charge in [-0.3, -0.25) is 4.90 Å². The molecule has 0 spiro atoms. The average molecular weight is 449 g/mol. The number of ether oxygens (including phenoxy) is 2. The molecule has 0 bridgehead atoms. The summed E-state index contributed by atoms with van der Waals surface area (Å²) in [6.45, 7) is 5.06. The molecular formula is C25H28N4O4. The minimum Gasteiger partial charge on any atom is -0.465 e. The molecule has 0 atom stereocenters. The molecule has 2 heterocycles. The first-order valence-electron chi connectivity index (χ1n) is 10.9. The van der Waals surface area contributed by atoms with Gasteiger partial charge < -0.3 is 14.4 Å². The fourth-order valence-electron chi connectivity index (χ4n) is 3.99. The maximum absolute atomic E-state index is 12.8. The highest BCUT2D eigenvalue weighted by molar-refractivity contribution is 6.06. The molecule has 1 aliphatic rings. The van der Waals surface area contributed by atoms with E-state index in [1.54, 1.807) is 0 Å². The molecule has 1 saturated heterocycles. The SMILES string of the molecule is COC(=O)c1c(-c2ccc(CN3CCN(C)CC3)cc2)nn(-c2ccccc2)c1C(=O)OC. The molecule has 172 valence electrons. The van der Waals surface area contributed by atoms with Crippen molar-refractivity contribution in [1.82, 2.24) is 19.6 Å². The Kier molecular flexibility index (Phi) is 6.86. The van der Waals surface area contributed by atoms with Crippen molar-refractivity contribution in [3.8, 4) is 16.9 Å². The number of piperazine rings is 1. The highest BCUT2D eigenvalue weighted by atomic mass is 16.5. The van der Waals surface area contributed by atoms with Gasteiger partial charge in [0, 0.05) is 38.3 Å². The Labute approximate surface area is 193 Å². The molecule has 1 aliphatic heterocycles. The van der Waals surface area contributed by atoms with Crippen molar-refractivity contribution in [2.75, 3.05) is 47.4 Å². The zero-order chi connectivity index (χ0) is 23.4. The topological polar surface area (TPSA) is 76.9 Å². The maximum atomic E-state index is 12.8. The number of carbonyl (C=O) groups excluding carboxylic acids is 2. The lowest BCUT2D eigenvalue weighted by atomic mass is 10.0. The van der Waals surface area contributed by atoms with E-state index in [4.69, 9.17) is 9.47 Å². The Morgan fingerprint density at radius 1 is 0.879 bits per heavy atom. The Balaban J connectivity index is 1.73. The third kappa shape index (κ3) is 4.81. The van der Waals surface area contributed by atoms with Crippen LogP contribution in [-0.2, 0) is 16.0 Å². The summed E-state index contributed by atoms with van der Waals surface area (Å²) in [6, 6.07) is 17.1. The predicted octanol–water partition coefficient (Wildman–Crippen LogP) is 2.86. The molecule has 1 fully saturated rings. The van der Waals surface area contributed by atoms with Crippen LogP contribution in [0.15, 0.2) is 54.6 Å². The van der Waals surface area contributed by atoms with Crippen molar-refractivity contribution in [2.45, 2.75) is 6.54 Å². The van der Waals surface area contributed by atoms with Crippen LogP contribution in [0.2, 0.25) is 0 Å². The first kappa shape index (κ1) is 22.7. The monoisotopic (exact) mass is 448 g/mol. The summed E-state index contributed by atoms with van der Waals surface area (Å²) < 4.78 is 11.4. The lowest BCUT2D eigenvalue weighted by molar-refractivity contribution is 0.0549. The number of benzene rings is 2. The van der Waals surface area contributed by atoms with E-state index in [9.17, 15) is 9.59 Å². The number of aromatic nitrogens is 2. The Hall–Kier alpha value is -3.49. The van der Waals surface area contributed by atoms with Gasteiger partial charge in [-0.15, -0.1) is 0 Å². The van der Waals surface area contributed by atoms with E-state index in [1.807, 2.05) is 54.6 Å². The molecule has 8 nitrogen and oxygen atoms in total. The lowest BCUT2D eigenvalue weighted by Gasteiger charge is -2.32. The quantitative estimate of drug-likeness (QED) is 0.537. The van der Waals surface area contributed by atoms with E-state index in [0.717, 1.165) is 38.3 Å². The molecule has 0 saturated carbocycles. The fraction of sp³-hybridized carbons (Fsp3) is 0.320. The Bertz CT molecular complexity index is 1120. The van der Waals surface area contributed by atoms with Crippen molar-refractivity contribution >= 4 is 11.9 Å². The normalized spacial score (nSPS) is 14.8. The lowest BCUT2D eigenvalue weighted by Crippen LogP contribution is -2.43. The molecule has 0 aliphatic carbocycles. The molecule has 0 unspecified atom stereocenters. The average Bonchev–Trinajstić information content (AvgIpc) is 3.26. The van der Waals surface area contributed by atoms with Crippen LogP contribution in [0, 0.1) is 0 Å². The van der Waals surface area contributed by atoms with Gasteiger partial charge in [0.05, 0.1) is 19.9 Å². The van der Waals surface area contributed by atoms with Crippen molar-refractivity contribution in [3.05, 3.63) is 71.4 Å². The summed E-state index contributed by atoms with van der Waals surface area (Å²) in [4.78, 5) is 30.2. The van der Waals surface area contributed by atoms with Gasteiger partial charge in [0.15, 0.2) is 5.69 Å². The number of methoxy groups -OCH3 is 2. The smallest absolute Gasteiger partial charge is 0.357 e. The summed E-state index contributed by atoms with van der Waals surface area (Å²) in [5.41, 5.74) is 3.03. The first-order valence-corrected chi connectivity index (χ1v) is 10.9. The van der Waals surface area contributed by atoms with Gasteiger partial charge in [0.1, 0.15) is 11.3 Å². The highest BCUT2D eigenvalue weighted by Crippen LogP contribution is 2.29. The number of hydrogen-bond donors (Lipinski definition) is 0. The minimum atomic E-state index is -0.662. The number of likely N-dealkylation sites (N-methyl/N-ethyl adjacent to an activating group) is 1. The fourth-order valence-corrected chi connectivity index (χ4v) is 3.99. The molecule has 33 heavy (non-hydrogen) atoms. The second-order valence-electron chi connectivity index (χ2n) is 8.08. The number of carbonyl (C=O) groups is 2. The van der Waals surface area contributed by atoms with E-state index >= 15 is 0 Å². The van der Waals surface area contributed by atoms with E-state index in [2.05, 4.69) is 21.9 Å². The van der Waals surface area contributed by atoms with Gasteiger partial charge in [0.2, 0.25) is 0 Å². The van der Waals surface area contributed by atoms with Crippen LogP contribution in [-0.4, -0.2) is 79.0 Å². The summed E-state index contributed by atoms with van der Waals surface area (Å²) in [5.74, 6) is -1.31.